The molecule has 1 aromatic heterocycles. The van der Waals surface area contributed by atoms with Gasteiger partial charge in [-0.2, -0.15) is 5.10 Å². The normalized spacial score (nSPS) is 14.0. The van der Waals surface area contributed by atoms with Crippen molar-refractivity contribution in [1.29, 1.82) is 0 Å². The SMILES string of the molecule is COc1ccccc1C(=O)N/N=C1\CCCc2oc(C(=O)Nc3ccc(C)c(Cl)c3)c(C)c21. The molecule has 1 aliphatic carbocycles. The third-order valence-electron chi connectivity index (χ3n) is 5.61. The van der Waals surface area contributed by atoms with Crippen LogP contribution in [0.4, 0.5) is 5.69 Å². The molecule has 4 rings (SSSR count). The number of nitrogens with one attached hydrogen (secondary N) is 2. The maximum Gasteiger partial charge on any atom is 0.291 e. The zero-order valence-corrected chi connectivity index (χ0v) is 19.4. The summed E-state index contributed by atoms with van der Waals surface area (Å²) in [4.78, 5) is 25.5. The van der Waals surface area contributed by atoms with Gasteiger partial charge in [-0.1, -0.05) is 29.8 Å². The van der Waals surface area contributed by atoms with Gasteiger partial charge >= 0.3 is 0 Å². The Hall–Kier alpha value is -3.58. The first-order chi connectivity index (χ1) is 15.9. The van der Waals surface area contributed by atoms with E-state index >= 15 is 0 Å². The fourth-order valence-corrected chi connectivity index (χ4v) is 4.05. The molecule has 0 fully saturated rings. The number of fused-ring (bicyclic) bond motifs is 1. The Morgan fingerprint density at radius 2 is 1.88 bits per heavy atom. The zero-order chi connectivity index (χ0) is 23.5. The van der Waals surface area contributed by atoms with E-state index in [1.807, 2.05) is 19.9 Å². The number of benzene rings is 2. The number of aryl methyl sites for hydroxylation is 2. The van der Waals surface area contributed by atoms with Crippen LogP contribution >= 0.6 is 11.6 Å². The number of amides is 2. The quantitative estimate of drug-likeness (QED) is 0.501. The number of hydrogen-bond donors (Lipinski definition) is 2. The summed E-state index contributed by atoms with van der Waals surface area (Å²) in [6.45, 7) is 3.72. The third kappa shape index (κ3) is 4.64. The van der Waals surface area contributed by atoms with Gasteiger partial charge in [-0.25, -0.2) is 5.43 Å². The summed E-state index contributed by atoms with van der Waals surface area (Å²) in [5, 5.41) is 7.77. The lowest BCUT2D eigenvalue weighted by molar-refractivity contribution is 0.0950. The first-order valence-corrected chi connectivity index (χ1v) is 11.0. The summed E-state index contributed by atoms with van der Waals surface area (Å²) in [5.74, 6) is 0.648. The zero-order valence-electron chi connectivity index (χ0n) is 18.6. The average molecular weight is 466 g/mol. The predicted octanol–water partition coefficient (Wildman–Crippen LogP) is 5.28. The van der Waals surface area contributed by atoms with Gasteiger partial charge < -0.3 is 14.5 Å². The van der Waals surface area contributed by atoms with Crippen LogP contribution in [0.25, 0.3) is 0 Å². The lowest BCUT2D eigenvalue weighted by Gasteiger charge is -2.14. The molecule has 7 nitrogen and oxygen atoms in total. The molecule has 2 amide bonds. The number of methoxy groups -OCH3 is 1. The van der Waals surface area contributed by atoms with E-state index in [0.717, 1.165) is 17.5 Å². The fourth-order valence-electron chi connectivity index (χ4n) is 3.87. The summed E-state index contributed by atoms with van der Waals surface area (Å²) >= 11 is 6.17. The second kappa shape index (κ2) is 9.50. The minimum atomic E-state index is -0.373. The van der Waals surface area contributed by atoms with Crippen LogP contribution in [0.1, 0.15) is 56.2 Å². The molecule has 33 heavy (non-hydrogen) atoms. The highest BCUT2D eigenvalue weighted by Crippen LogP contribution is 2.31. The molecule has 0 spiro atoms. The van der Waals surface area contributed by atoms with Gasteiger partial charge in [0, 0.05) is 28.3 Å². The molecular weight excluding hydrogens is 442 g/mol. The number of halogens is 1. The number of hydrogen-bond acceptors (Lipinski definition) is 5. The van der Waals surface area contributed by atoms with Crippen LogP contribution in [0.2, 0.25) is 5.02 Å². The fraction of sp³-hybridized carbons (Fsp3) is 0.240. The number of furan rings is 1. The van der Waals surface area contributed by atoms with Crippen molar-refractivity contribution in [3.05, 3.63) is 81.3 Å². The smallest absolute Gasteiger partial charge is 0.291 e. The van der Waals surface area contributed by atoms with Crippen LogP contribution < -0.4 is 15.5 Å². The van der Waals surface area contributed by atoms with Gasteiger partial charge in [0.15, 0.2) is 5.76 Å². The predicted molar refractivity (Wildman–Crippen MR) is 128 cm³/mol. The molecule has 0 radical (unpaired) electrons. The molecule has 0 unspecified atom stereocenters. The van der Waals surface area contributed by atoms with Gasteiger partial charge in [0.1, 0.15) is 11.5 Å². The number of hydrazone groups is 1. The molecule has 1 aliphatic rings. The first-order valence-electron chi connectivity index (χ1n) is 10.6. The summed E-state index contributed by atoms with van der Waals surface area (Å²) in [6.07, 6.45) is 2.16. The summed E-state index contributed by atoms with van der Waals surface area (Å²) in [7, 11) is 1.51. The van der Waals surface area contributed by atoms with E-state index in [4.69, 9.17) is 20.8 Å². The van der Waals surface area contributed by atoms with Crippen LogP contribution in [0, 0.1) is 13.8 Å². The molecular formula is C25H24ClN3O4. The average Bonchev–Trinajstić information content (AvgIpc) is 3.17. The molecule has 0 saturated heterocycles. The Morgan fingerprint density at radius 1 is 1.09 bits per heavy atom. The van der Waals surface area contributed by atoms with E-state index < -0.39 is 0 Å². The van der Waals surface area contributed by atoms with Crippen LogP contribution in [0.15, 0.2) is 52.0 Å². The summed E-state index contributed by atoms with van der Waals surface area (Å²) < 4.78 is 11.2. The molecule has 3 aromatic rings. The lowest BCUT2D eigenvalue weighted by Crippen LogP contribution is -2.22. The number of rotatable bonds is 5. The molecule has 8 heteroatoms. The molecule has 2 aromatic carbocycles. The Bertz CT molecular complexity index is 1260. The van der Waals surface area contributed by atoms with Gasteiger partial charge in [-0.3, -0.25) is 9.59 Å². The standard InChI is InChI=1S/C25H24ClN3O4/c1-14-11-12-16(13-18(14)26)27-25(31)23-15(2)22-19(8-6-10-21(22)33-23)28-29-24(30)17-7-4-5-9-20(17)32-3/h4-5,7,9,11-13H,6,8,10H2,1-3H3,(H,27,31)(H,29,30)/b28-19+. The van der Waals surface area contributed by atoms with E-state index in [9.17, 15) is 9.59 Å². The molecule has 0 atom stereocenters. The molecule has 0 saturated carbocycles. The van der Waals surface area contributed by atoms with Crippen molar-refractivity contribution in [2.24, 2.45) is 5.10 Å². The summed E-state index contributed by atoms with van der Waals surface area (Å²) in [5.41, 5.74) is 6.65. The Labute approximate surface area is 196 Å². The molecule has 0 bridgehead atoms. The van der Waals surface area contributed by atoms with Crippen molar-refractivity contribution < 1.29 is 18.7 Å². The maximum atomic E-state index is 12.9. The van der Waals surface area contributed by atoms with Gasteiger partial charge in [-0.15, -0.1) is 0 Å². The van der Waals surface area contributed by atoms with E-state index in [-0.39, 0.29) is 17.6 Å². The van der Waals surface area contributed by atoms with Gasteiger partial charge in [0.05, 0.1) is 18.4 Å². The van der Waals surface area contributed by atoms with E-state index in [1.165, 1.54) is 7.11 Å². The first kappa shape index (κ1) is 22.6. The Morgan fingerprint density at radius 3 is 2.64 bits per heavy atom. The molecule has 1 heterocycles. The molecule has 2 N–H and O–H groups in total. The number of nitrogens with zero attached hydrogens (tertiary/aromatic N) is 1. The summed E-state index contributed by atoms with van der Waals surface area (Å²) in [6, 6.07) is 12.3. The van der Waals surface area contributed by atoms with Crippen LogP contribution in [-0.2, 0) is 6.42 Å². The van der Waals surface area contributed by atoms with Crippen molar-refractivity contribution in [2.45, 2.75) is 33.1 Å². The number of ether oxygens (including phenoxy) is 1. The van der Waals surface area contributed by atoms with Crippen molar-refractivity contribution in [1.82, 2.24) is 5.43 Å². The van der Waals surface area contributed by atoms with Gasteiger partial charge in [0.2, 0.25) is 0 Å². The largest absolute Gasteiger partial charge is 0.496 e. The van der Waals surface area contributed by atoms with Crippen molar-refractivity contribution in [2.75, 3.05) is 12.4 Å². The van der Waals surface area contributed by atoms with Gasteiger partial charge in [0.25, 0.3) is 11.8 Å². The van der Waals surface area contributed by atoms with E-state index in [2.05, 4.69) is 15.8 Å². The molecule has 170 valence electrons. The van der Waals surface area contributed by atoms with E-state index in [0.29, 0.717) is 51.9 Å². The Balaban J connectivity index is 1.57. The van der Waals surface area contributed by atoms with Crippen LogP contribution in [0.3, 0.4) is 0 Å². The van der Waals surface area contributed by atoms with E-state index in [1.54, 1.807) is 36.4 Å². The van der Waals surface area contributed by atoms with Crippen molar-refractivity contribution in [3.8, 4) is 5.75 Å². The topological polar surface area (TPSA) is 92.9 Å². The highest BCUT2D eigenvalue weighted by Gasteiger charge is 2.28. The second-order valence-corrected chi connectivity index (χ2v) is 8.23. The minimum absolute atomic E-state index is 0.224. The van der Waals surface area contributed by atoms with Crippen molar-refractivity contribution in [3.63, 3.8) is 0 Å². The van der Waals surface area contributed by atoms with Crippen LogP contribution in [0.5, 0.6) is 5.75 Å². The minimum Gasteiger partial charge on any atom is -0.496 e. The number of anilines is 1. The number of carbonyl (C=O) groups is 2. The third-order valence-corrected chi connectivity index (χ3v) is 6.01. The second-order valence-electron chi connectivity index (χ2n) is 7.83. The molecule has 0 aliphatic heterocycles. The van der Waals surface area contributed by atoms with Gasteiger partial charge in [-0.05, 0) is 56.5 Å². The Kier molecular flexibility index (Phi) is 6.51. The highest BCUT2D eigenvalue weighted by molar-refractivity contribution is 6.31. The lowest BCUT2D eigenvalue weighted by atomic mass is 9.93. The monoisotopic (exact) mass is 465 g/mol. The number of carbonyl (C=O) groups excluding carboxylic acids is 2. The van der Waals surface area contributed by atoms with Crippen molar-refractivity contribution >= 4 is 34.8 Å². The van der Waals surface area contributed by atoms with Crippen LogP contribution in [-0.4, -0.2) is 24.6 Å². The maximum absolute atomic E-state index is 12.9. The number of para-hydroxylation sites is 1. The highest BCUT2D eigenvalue weighted by atomic mass is 35.5.